The van der Waals surface area contributed by atoms with Gasteiger partial charge in [-0.05, 0) is 36.6 Å². The maximum atomic E-state index is 12.3. The van der Waals surface area contributed by atoms with Gasteiger partial charge in [0.05, 0.1) is 13.4 Å². The average molecular weight is 315 g/mol. The first kappa shape index (κ1) is 16.7. The minimum absolute atomic E-state index is 0.267. The summed E-state index contributed by atoms with van der Waals surface area (Å²) in [5, 5.41) is 2.74. The van der Waals surface area contributed by atoms with Crippen LogP contribution in [0.4, 0.5) is 0 Å². The van der Waals surface area contributed by atoms with E-state index in [0.29, 0.717) is 12.0 Å². The number of carbonyl (C=O) groups excluding carboxylic acids is 2. The van der Waals surface area contributed by atoms with Crippen molar-refractivity contribution in [2.24, 2.45) is 5.92 Å². The van der Waals surface area contributed by atoms with Crippen molar-refractivity contribution in [1.29, 1.82) is 0 Å². The number of hydrogen-bond donors (Lipinski definition) is 1. The molecule has 1 unspecified atom stereocenters. The van der Waals surface area contributed by atoms with Crippen LogP contribution in [-0.4, -0.2) is 34.6 Å². The Labute approximate surface area is 135 Å². The molecule has 23 heavy (non-hydrogen) atoms. The van der Waals surface area contributed by atoms with E-state index in [1.165, 1.54) is 7.11 Å². The van der Waals surface area contributed by atoms with Crippen LogP contribution in [0.25, 0.3) is 5.69 Å². The zero-order valence-electron chi connectivity index (χ0n) is 13.5. The summed E-state index contributed by atoms with van der Waals surface area (Å²) in [6.45, 7) is 3.98. The predicted octanol–water partition coefficient (Wildman–Crippen LogP) is 2.19. The van der Waals surface area contributed by atoms with Crippen molar-refractivity contribution in [3.05, 3.63) is 48.5 Å². The quantitative estimate of drug-likeness (QED) is 0.829. The van der Waals surface area contributed by atoms with Crippen molar-refractivity contribution in [2.75, 3.05) is 7.11 Å². The molecule has 0 aliphatic heterocycles. The fourth-order valence-electron chi connectivity index (χ4n) is 2.27. The van der Waals surface area contributed by atoms with Crippen LogP contribution in [0.15, 0.2) is 43.0 Å². The van der Waals surface area contributed by atoms with Gasteiger partial charge in [-0.25, -0.2) is 9.78 Å². The second-order valence-corrected chi connectivity index (χ2v) is 5.70. The Kier molecular flexibility index (Phi) is 5.51. The summed E-state index contributed by atoms with van der Waals surface area (Å²) in [6, 6.07) is 6.45. The zero-order chi connectivity index (χ0) is 16.8. The summed E-state index contributed by atoms with van der Waals surface area (Å²) in [4.78, 5) is 28.1. The summed E-state index contributed by atoms with van der Waals surface area (Å²) in [5.74, 6) is -0.455. The molecule has 0 aliphatic rings. The lowest BCUT2D eigenvalue weighted by molar-refractivity contribution is -0.143. The van der Waals surface area contributed by atoms with E-state index in [4.69, 9.17) is 4.74 Å². The molecule has 0 fully saturated rings. The Morgan fingerprint density at radius 1 is 1.26 bits per heavy atom. The van der Waals surface area contributed by atoms with Gasteiger partial charge < -0.3 is 14.6 Å². The fourth-order valence-corrected chi connectivity index (χ4v) is 2.27. The number of methoxy groups -OCH3 is 1. The SMILES string of the molecule is COC(=O)C(CC(C)C)NC(=O)c1ccc(-n2ccnc2)cc1. The van der Waals surface area contributed by atoms with Crippen LogP contribution in [0.5, 0.6) is 0 Å². The van der Waals surface area contributed by atoms with Gasteiger partial charge in [-0.1, -0.05) is 13.8 Å². The standard InChI is InChI=1S/C17H21N3O3/c1-12(2)10-15(17(22)23-3)19-16(21)13-4-6-14(7-5-13)20-9-8-18-11-20/h4-9,11-12,15H,10H2,1-3H3,(H,19,21). The molecule has 0 spiro atoms. The molecule has 0 aliphatic carbocycles. The lowest BCUT2D eigenvalue weighted by atomic mass is 10.0. The predicted molar refractivity (Wildman–Crippen MR) is 86.3 cm³/mol. The van der Waals surface area contributed by atoms with Gasteiger partial charge in [0.2, 0.25) is 0 Å². The molecular weight excluding hydrogens is 294 g/mol. The molecule has 0 radical (unpaired) electrons. The number of rotatable bonds is 6. The Hall–Kier alpha value is -2.63. The van der Waals surface area contributed by atoms with E-state index < -0.39 is 12.0 Å². The number of hydrogen-bond acceptors (Lipinski definition) is 4. The van der Waals surface area contributed by atoms with Gasteiger partial charge in [-0.15, -0.1) is 0 Å². The molecule has 6 heteroatoms. The van der Waals surface area contributed by atoms with E-state index in [1.807, 2.05) is 36.7 Å². The maximum absolute atomic E-state index is 12.3. The molecule has 1 aromatic carbocycles. The first-order valence-electron chi connectivity index (χ1n) is 7.48. The molecule has 1 heterocycles. The number of ether oxygens (including phenoxy) is 1. The van der Waals surface area contributed by atoms with Gasteiger partial charge in [-0.2, -0.15) is 0 Å². The first-order valence-corrected chi connectivity index (χ1v) is 7.48. The van der Waals surface area contributed by atoms with Crippen LogP contribution in [0.2, 0.25) is 0 Å². The maximum Gasteiger partial charge on any atom is 0.328 e. The third kappa shape index (κ3) is 4.42. The van der Waals surface area contributed by atoms with E-state index in [1.54, 1.807) is 24.7 Å². The van der Waals surface area contributed by atoms with Gasteiger partial charge >= 0.3 is 5.97 Å². The van der Waals surface area contributed by atoms with Crippen molar-refractivity contribution >= 4 is 11.9 Å². The number of benzene rings is 1. The smallest absolute Gasteiger partial charge is 0.328 e. The van der Waals surface area contributed by atoms with Gasteiger partial charge in [0.1, 0.15) is 6.04 Å². The highest BCUT2D eigenvalue weighted by molar-refractivity contribution is 5.96. The van der Waals surface area contributed by atoms with Crippen LogP contribution in [0.3, 0.4) is 0 Å². The number of nitrogens with one attached hydrogen (secondary N) is 1. The lowest BCUT2D eigenvalue weighted by Gasteiger charge is -2.18. The monoisotopic (exact) mass is 315 g/mol. The van der Waals surface area contributed by atoms with E-state index in [9.17, 15) is 9.59 Å². The fraction of sp³-hybridized carbons (Fsp3) is 0.353. The number of amides is 1. The highest BCUT2D eigenvalue weighted by Gasteiger charge is 2.23. The largest absolute Gasteiger partial charge is 0.467 e. The molecule has 0 bridgehead atoms. The number of nitrogens with zero attached hydrogens (tertiary/aromatic N) is 2. The summed E-state index contributed by atoms with van der Waals surface area (Å²) in [7, 11) is 1.32. The van der Waals surface area contributed by atoms with Crippen LogP contribution in [0, 0.1) is 5.92 Å². The normalized spacial score (nSPS) is 12.0. The molecule has 0 saturated heterocycles. The Balaban J connectivity index is 2.08. The number of imidazole rings is 1. The van der Waals surface area contributed by atoms with E-state index in [-0.39, 0.29) is 11.8 Å². The number of carbonyl (C=O) groups is 2. The Bertz CT molecular complexity index is 648. The summed E-state index contributed by atoms with van der Waals surface area (Å²) < 4.78 is 6.60. The second kappa shape index (κ2) is 7.58. The molecule has 2 aromatic rings. The highest BCUT2D eigenvalue weighted by atomic mass is 16.5. The van der Waals surface area contributed by atoms with Crippen molar-refractivity contribution < 1.29 is 14.3 Å². The van der Waals surface area contributed by atoms with Gasteiger partial charge in [0, 0.05) is 23.6 Å². The minimum Gasteiger partial charge on any atom is -0.467 e. The average Bonchev–Trinajstić information content (AvgIpc) is 3.07. The van der Waals surface area contributed by atoms with Crippen LogP contribution in [-0.2, 0) is 9.53 Å². The molecule has 6 nitrogen and oxygen atoms in total. The Morgan fingerprint density at radius 2 is 1.96 bits per heavy atom. The van der Waals surface area contributed by atoms with Gasteiger partial charge in [0.25, 0.3) is 5.91 Å². The first-order chi connectivity index (χ1) is 11.0. The third-order valence-corrected chi connectivity index (χ3v) is 3.43. The van der Waals surface area contributed by atoms with Crippen molar-refractivity contribution in [1.82, 2.24) is 14.9 Å². The summed E-state index contributed by atoms with van der Waals surface area (Å²) in [5.41, 5.74) is 1.40. The Morgan fingerprint density at radius 3 is 2.48 bits per heavy atom. The molecule has 1 atom stereocenters. The third-order valence-electron chi connectivity index (χ3n) is 3.43. The van der Waals surface area contributed by atoms with Crippen LogP contribution >= 0.6 is 0 Å². The van der Waals surface area contributed by atoms with Crippen molar-refractivity contribution in [2.45, 2.75) is 26.3 Å². The summed E-state index contributed by atoms with van der Waals surface area (Å²) in [6.07, 6.45) is 5.73. The molecule has 0 saturated carbocycles. The highest BCUT2D eigenvalue weighted by Crippen LogP contribution is 2.11. The molecule has 1 N–H and O–H groups in total. The number of aromatic nitrogens is 2. The zero-order valence-corrected chi connectivity index (χ0v) is 13.5. The van der Waals surface area contributed by atoms with Crippen LogP contribution < -0.4 is 5.32 Å². The van der Waals surface area contributed by atoms with Crippen molar-refractivity contribution in [3.8, 4) is 5.69 Å². The number of esters is 1. The molecular formula is C17H21N3O3. The second-order valence-electron chi connectivity index (χ2n) is 5.70. The molecule has 1 amide bonds. The molecule has 122 valence electrons. The lowest BCUT2D eigenvalue weighted by Crippen LogP contribution is -2.42. The van der Waals surface area contributed by atoms with Gasteiger partial charge in [0.15, 0.2) is 0 Å². The van der Waals surface area contributed by atoms with Crippen LogP contribution in [0.1, 0.15) is 30.6 Å². The molecule has 2 rings (SSSR count). The minimum atomic E-state index is -0.638. The molecule has 1 aromatic heterocycles. The topological polar surface area (TPSA) is 73.2 Å². The van der Waals surface area contributed by atoms with E-state index >= 15 is 0 Å². The van der Waals surface area contributed by atoms with Crippen molar-refractivity contribution in [3.63, 3.8) is 0 Å². The summed E-state index contributed by atoms with van der Waals surface area (Å²) >= 11 is 0. The van der Waals surface area contributed by atoms with E-state index in [0.717, 1.165) is 5.69 Å². The van der Waals surface area contributed by atoms with Gasteiger partial charge in [-0.3, -0.25) is 4.79 Å². The van der Waals surface area contributed by atoms with E-state index in [2.05, 4.69) is 10.3 Å².